The summed E-state index contributed by atoms with van der Waals surface area (Å²) < 4.78 is 10.7. The molecule has 0 heterocycles. The van der Waals surface area contributed by atoms with E-state index in [4.69, 9.17) is 20.3 Å². The van der Waals surface area contributed by atoms with Crippen LogP contribution in [0.2, 0.25) is 6.55 Å². The Hall–Kier alpha value is 0.234. The highest BCUT2D eigenvalue weighted by molar-refractivity contribution is 6.67. The molecule has 0 aromatic heterocycles. The van der Waals surface area contributed by atoms with Crippen molar-refractivity contribution < 1.29 is 8.85 Å². The number of hydrogen-bond donors (Lipinski definition) is 3. The summed E-state index contributed by atoms with van der Waals surface area (Å²) in [5.41, 5.74) is 11.4. The number of rotatable bonds is 7. The quantitative estimate of drug-likeness (QED) is 0.382. The predicted octanol–water partition coefficient (Wildman–Crippen LogP) is -1.43. The van der Waals surface area contributed by atoms with E-state index in [1.165, 1.54) is 0 Å². The van der Waals surface area contributed by atoms with E-state index in [0.717, 1.165) is 36.2 Å². The molecule has 1 unspecified atom stereocenters. The third-order valence-corrected chi connectivity index (χ3v) is 5.71. The summed E-state index contributed by atoms with van der Waals surface area (Å²) in [5, 5.41) is 4.64. The van der Waals surface area contributed by atoms with E-state index in [9.17, 15) is 0 Å². The van der Waals surface area contributed by atoms with Gasteiger partial charge in [0.15, 0.2) is 0 Å². The SMILES string of the molecule is CO[Si](C)(OC)C(N)CCCCN.N[SiH3]. The zero-order valence-corrected chi connectivity index (χ0v) is 13.5. The minimum absolute atomic E-state index is 0.0362. The highest BCUT2D eigenvalue weighted by Gasteiger charge is 2.36. The molecule has 0 bridgehead atoms. The average Bonchev–Trinajstić information content (AvgIpc) is 2.30. The molecule has 0 amide bonds. The van der Waals surface area contributed by atoms with Gasteiger partial charge in [-0.1, -0.05) is 6.42 Å². The smallest absolute Gasteiger partial charge is 0.351 e. The molecule has 0 aliphatic rings. The summed E-state index contributed by atoms with van der Waals surface area (Å²) in [6.07, 6.45) is 3.00. The van der Waals surface area contributed by atoms with Crippen molar-refractivity contribution in [3.63, 3.8) is 0 Å². The van der Waals surface area contributed by atoms with E-state index < -0.39 is 8.56 Å². The maximum atomic E-state index is 5.98. The monoisotopic (exact) mass is 253 g/mol. The molecule has 15 heavy (non-hydrogen) atoms. The zero-order chi connectivity index (χ0) is 12.3. The maximum absolute atomic E-state index is 5.98. The molecule has 0 spiro atoms. The molecule has 0 aromatic carbocycles. The van der Waals surface area contributed by atoms with Crippen molar-refractivity contribution >= 4 is 19.0 Å². The first kappa shape index (κ1) is 17.6. The van der Waals surface area contributed by atoms with Crippen LogP contribution in [0.3, 0.4) is 0 Å². The zero-order valence-electron chi connectivity index (χ0n) is 10.5. The first-order chi connectivity index (χ1) is 7.10. The second-order valence-electron chi connectivity index (χ2n) is 3.32. The van der Waals surface area contributed by atoms with Gasteiger partial charge in [-0.25, -0.2) is 0 Å². The number of unbranched alkanes of at least 4 members (excludes halogenated alkanes) is 1. The van der Waals surface area contributed by atoms with Gasteiger partial charge in [0.1, 0.15) is 0 Å². The summed E-state index contributed by atoms with van der Waals surface area (Å²) in [5.74, 6) is 0. The van der Waals surface area contributed by atoms with Gasteiger partial charge in [0, 0.05) is 19.9 Å². The normalized spacial score (nSPS) is 13.2. The Kier molecular flexibility index (Phi) is 12.6. The predicted molar refractivity (Wildman–Crippen MR) is 70.6 cm³/mol. The van der Waals surface area contributed by atoms with Gasteiger partial charge in [0.2, 0.25) is 0 Å². The van der Waals surface area contributed by atoms with Crippen molar-refractivity contribution in [2.45, 2.75) is 31.5 Å². The van der Waals surface area contributed by atoms with Crippen molar-refractivity contribution in [2.24, 2.45) is 16.9 Å². The van der Waals surface area contributed by atoms with Crippen LogP contribution in [0, 0.1) is 0 Å². The molecule has 7 heteroatoms. The van der Waals surface area contributed by atoms with Crippen molar-refractivity contribution in [3.8, 4) is 0 Å². The second-order valence-corrected chi connectivity index (χ2v) is 6.91. The molecule has 94 valence electrons. The third-order valence-electron chi connectivity index (χ3n) is 2.45. The fourth-order valence-electron chi connectivity index (χ4n) is 1.16. The lowest BCUT2D eigenvalue weighted by atomic mass is 10.2. The van der Waals surface area contributed by atoms with Crippen LogP contribution in [0.4, 0.5) is 0 Å². The van der Waals surface area contributed by atoms with Gasteiger partial charge < -0.3 is 25.7 Å². The van der Waals surface area contributed by atoms with Gasteiger partial charge in [-0.15, -0.1) is 0 Å². The van der Waals surface area contributed by atoms with E-state index in [2.05, 4.69) is 5.40 Å². The van der Waals surface area contributed by atoms with Crippen LogP contribution in [0.15, 0.2) is 0 Å². The van der Waals surface area contributed by atoms with Crippen LogP contribution in [-0.2, 0) is 8.85 Å². The van der Waals surface area contributed by atoms with Crippen molar-refractivity contribution in [2.75, 3.05) is 20.8 Å². The van der Waals surface area contributed by atoms with Crippen LogP contribution in [0.1, 0.15) is 19.3 Å². The highest BCUT2D eigenvalue weighted by Crippen LogP contribution is 2.13. The van der Waals surface area contributed by atoms with Crippen molar-refractivity contribution in [1.29, 1.82) is 0 Å². The van der Waals surface area contributed by atoms with Crippen molar-refractivity contribution in [3.05, 3.63) is 0 Å². The molecule has 0 aromatic rings. The summed E-state index contributed by atoms with van der Waals surface area (Å²) in [4.78, 5) is 0. The minimum atomic E-state index is -2.11. The minimum Gasteiger partial charge on any atom is -0.397 e. The molecule has 0 saturated heterocycles. The molecular formula is C8H27N3O2Si2. The Bertz CT molecular complexity index is 137. The topological polar surface area (TPSA) is 96.5 Å². The number of nitrogens with two attached hydrogens (primary N) is 3. The maximum Gasteiger partial charge on any atom is 0.351 e. The van der Waals surface area contributed by atoms with Gasteiger partial charge in [0.05, 0.1) is 10.4 Å². The molecule has 0 aliphatic heterocycles. The first-order valence-corrected chi connectivity index (χ1v) is 8.79. The Labute approximate surface area is 97.4 Å². The fourth-order valence-corrected chi connectivity index (χ4v) is 2.66. The Balaban J connectivity index is 0. The van der Waals surface area contributed by atoms with E-state index in [-0.39, 0.29) is 5.67 Å². The van der Waals surface area contributed by atoms with Crippen molar-refractivity contribution in [1.82, 2.24) is 0 Å². The third kappa shape index (κ3) is 7.17. The van der Waals surface area contributed by atoms with Gasteiger partial charge >= 0.3 is 8.56 Å². The van der Waals surface area contributed by atoms with Crippen LogP contribution in [0.5, 0.6) is 0 Å². The molecule has 0 aliphatic carbocycles. The van der Waals surface area contributed by atoms with Gasteiger partial charge in [-0.2, -0.15) is 0 Å². The average molecular weight is 253 g/mol. The Morgan fingerprint density at radius 1 is 1.20 bits per heavy atom. The molecule has 5 nitrogen and oxygen atoms in total. The van der Waals surface area contributed by atoms with E-state index in [1.54, 1.807) is 14.2 Å². The standard InChI is InChI=1S/C8H22N2O2Si.H5NSi/c1-11-13(3,12-2)8(10)6-4-5-7-9;1-2/h8H,4-7,9-10H2,1-3H3;1H2,2H3. The van der Waals surface area contributed by atoms with Crippen LogP contribution >= 0.6 is 0 Å². The molecule has 0 rings (SSSR count). The van der Waals surface area contributed by atoms with Crippen LogP contribution < -0.4 is 16.9 Å². The van der Waals surface area contributed by atoms with Gasteiger partial charge in [-0.3, -0.25) is 0 Å². The van der Waals surface area contributed by atoms with Crippen LogP contribution in [0.25, 0.3) is 0 Å². The first-order valence-electron chi connectivity index (χ1n) is 5.24. The lowest BCUT2D eigenvalue weighted by Gasteiger charge is -2.29. The van der Waals surface area contributed by atoms with E-state index in [1.807, 2.05) is 6.55 Å². The summed E-state index contributed by atoms with van der Waals surface area (Å²) in [6.45, 7) is 2.71. The van der Waals surface area contributed by atoms with E-state index >= 15 is 0 Å². The number of hydrogen-bond acceptors (Lipinski definition) is 5. The molecule has 6 N–H and O–H groups in total. The summed E-state index contributed by atoms with van der Waals surface area (Å²) in [6, 6.07) is 0. The van der Waals surface area contributed by atoms with Gasteiger partial charge in [0.25, 0.3) is 0 Å². The Morgan fingerprint density at radius 3 is 2.00 bits per heavy atom. The van der Waals surface area contributed by atoms with Crippen LogP contribution in [-0.4, -0.2) is 45.4 Å². The Morgan fingerprint density at radius 2 is 1.67 bits per heavy atom. The largest absolute Gasteiger partial charge is 0.397 e. The fraction of sp³-hybridized carbons (Fsp3) is 1.00. The van der Waals surface area contributed by atoms with Gasteiger partial charge in [-0.05, 0) is 25.9 Å². The molecule has 1 atom stereocenters. The second kappa shape index (κ2) is 10.7. The lowest BCUT2D eigenvalue weighted by Crippen LogP contribution is -2.54. The summed E-state index contributed by atoms with van der Waals surface area (Å²) in [7, 11) is 2.02. The summed E-state index contributed by atoms with van der Waals surface area (Å²) >= 11 is 0. The molecule has 0 fully saturated rings. The molecular weight excluding hydrogens is 226 g/mol. The lowest BCUT2D eigenvalue weighted by molar-refractivity contribution is 0.235. The molecule has 0 saturated carbocycles. The molecule has 0 radical (unpaired) electrons. The highest BCUT2D eigenvalue weighted by atomic mass is 28.4. The van der Waals surface area contributed by atoms with E-state index in [0.29, 0.717) is 0 Å².